The van der Waals surface area contributed by atoms with E-state index < -0.39 is 0 Å². The van der Waals surface area contributed by atoms with Gasteiger partial charge in [-0.25, -0.2) is 0 Å². The van der Waals surface area contributed by atoms with Crippen LogP contribution in [0.25, 0.3) is 0 Å². The van der Waals surface area contributed by atoms with Crippen molar-refractivity contribution in [2.24, 2.45) is 0 Å². The van der Waals surface area contributed by atoms with Crippen molar-refractivity contribution in [3.8, 4) is 6.07 Å². The van der Waals surface area contributed by atoms with E-state index in [1.54, 1.807) is 7.11 Å². The molecule has 0 spiro atoms. The summed E-state index contributed by atoms with van der Waals surface area (Å²) < 4.78 is 5.12. The lowest BCUT2D eigenvalue weighted by atomic mass is 10.1. The molecule has 1 atom stereocenters. The average Bonchev–Trinajstić information content (AvgIpc) is 2.46. The highest BCUT2D eigenvalue weighted by atomic mass is 35.5. The molecular weight excluding hydrogens is 274 g/mol. The summed E-state index contributed by atoms with van der Waals surface area (Å²) in [6.45, 7) is 4.11. The summed E-state index contributed by atoms with van der Waals surface area (Å²) in [5.41, 5.74) is 2.10. The zero-order chi connectivity index (χ0) is 15.0. The second kappa shape index (κ2) is 8.80. The maximum atomic E-state index is 8.75. The molecule has 0 aliphatic rings. The first-order valence-electron chi connectivity index (χ1n) is 6.71. The SMILES string of the molecule is CNC(C)c1ccc(N(CCC#N)CCOC)cc1Cl. The molecular formula is C15H22ClN3O. The Kier molecular flexibility index (Phi) is 7.38. The second-order valence-electron chi connectivity index (χ2n) is 4.60. The molecule has 1 aromatic carbocycles. The van der Waals surface area contributed by atoms with Crippen molar-refractivity contribution in [2.75, 3.05) is 38.8 Å². The van der Waals surface area contributed by atoms with Gasteiger partial charge in [-0.3, -0.25) is 0 Å². The number of anilines is 1. The normalized spacial score (nSPS) is 11.9. The van der Waals surface area contributed by atoms with Gasteiger partial charge in [0.1, 0.15) is 0 Å². The molecule has 5 heteroatoms. The van der Waals surface area contributed by atoms with Crippen LogP contribution in [0, 0.1) is 11.3 Å². The van der Waals surface area contributed by atoms with Gasteiger partial charge in [0, 0.05) is 37.0 Å². The Morgan fingerprint density at radius 2 is 2.20 bits per heavy atom. The fourth-order valence-electron chi connectivity index (χ4n) is 1.98. The fraction of sp³-hybridized carbons (Fsp3) is 0.533. The molecule has 0 saturated carbocycles. The van der Waals surface area contributed by atoms with E-state index >= 15 is 0 Å². The third-order valence-electron chi connectivity index (χ3n) is 3.31. The third kappa shape index (κ3) is 4.68. The molecule has 0 aromatic heterocycles. The van der Waals surface area contributed by atoms with Crippen molar-refractivity contribution in [1.82, 2.24) is 5.32 Å². The number of nitriles is 1. The van der Waals surface area contributed by atoms with Crippen LogP contribution in [0.4, 0.5) is 5.69 Å². The minimum atomic E-state index is 0.211. The summed E-state index contributed by atoms with van der Waals surface area (Å²) >= 11 is 6.35. The lowest BCUT2D eigenvalue weighted by Gasteiger charge is -2.24. The Morgan fingerprint density at radius 3 is 2.75 bits per heavy atom. The highest BCUT2D eigenvalue weighted by Crippen LogP contribution is 2.27. The molecule has 4 nitrogen and oxygen atoms in total. The highest BCUT2D eigenvalue weighted by Gasteiger charge is 2.11. The van der Waals surface area contributed by atoms with Gasteiger partial charge in [-0.1, -0.05) is 17.7 Å². The highest BCUT2D eigenvalue weighted by molar-refractivity contribution is 6.31. The number of hydrogen-bond donors (Lipinski definition) is 1. The van der Waals surface area contributed by atoms with E-state index in [0.717, 1.165) is 22.8 Å². The van der Waals surface area contributed by atoms with Gasteiger partial charge in [0.15, 0.2) is 0 Å². The Morgan fingerprint density at radius 1 is 1.45 bits per heavy atom. The molecule has 0 amide bonds. The van der Waals surface area contributed by atoms with Gasteiger partial charge in [0.05, 0.1) is 19.1 Å². The Hall–Kier alpha value is -1.28. The van der Waals surface area contributed by atoms with Crippen LogP contribution in [0.15, 0.2) is 18.2 Å². The maximum absolute atomic E-state index is 8.75. The number of halogens is 1. The van der Waals surface area contributed by atoms with Crippen molar-refractivity contribution in [3.05, 3.63) is 28.8 Å². The van der Waals surface area contributed by atoms with Crippen LogP contribution >= 0.6 is 11.6 Å². The number of nitrogens with one attached hydrogen (secondary N) is 1. The Bertz CT molecular complexity index is 459. The molecule has 0 aliphatic carbocycles. The number of hydrogen-bond acceptors (Lipinski definition) is 4. The summed E-state index contributed by atoms with van der Waals surface area (Å²) in [6.07, 6.45) is 0.482. The quantitative estimate of drug-likeness (QED) is 0.801. The van der Waals surface area contributed by atoms with Crippen LogP contribution in [0.2, 0.25) is 5.02 Å². The first-order valence-corrected chi connectivity index (χ1v) is 7.09. The number of benzene rings is 1. The van der Waals surface area contributed by atoms with Crippen LogP contribution in [-0.2, 0) is 4.74 Å². The molecule has 110 valence electrons. The van der Waals surface area contributed by atoms with E-state index in [4.69, 9.17) is 21.6 Å². The molecule has 0 bridgehead atoms. The van der Waals surface area contributed by atoms with E-state index in [1.165, 1.54) is 0 Å². The Labute approximate surface area is 126 Å². The average molecular weight is 296 g/mol. The monoisotopic (exact) mass is 295 g/mol. The van der Waals surface area contributed by atoms with Gasteiger partial charge in [-0.05, 0) is 31.7 Å². The van der Waals surface area contributed by atoms with E-state index in [9.17, 15) is 0 Å². The largest absolute Gasteiger partial charge is 0.383 e. The number of methoxy groups -OCH3 is 1. The van der Waals surface area contributed by atoms with Crippen molar-refractivity contribution in [3.63, 3.8) is 0 Å². The lowest BCUT2D eigenvalue weighted by Crippen LogP contribution is -2.28. The van der Waals surface area contributed by atoms with Crippen LogP contribution in [0.5, 0.6) is 0 Å². The molecule has 0 radical (unpaired) electrons. The fourth-order valence-corrected chi connectivity index (χ4v) is 2.31. The van der Waals surface area contributed by atoms with Gasteiger partial charge in [0.25, 0.3) is 0 Å². The van der Waals surface area contributed by atoms with Crippen LogP contribution in [-0.4, -0.2) is 33.9 Å². The first-order chi connectivity index (χ1) is 9.63. The zero-order valence-corrected chi connectivity index (χ0v) is 13.1. The van der Waals surface area contributed by atoms with Gasteiger partial charge < -0.3 is 15.0 Å². The molecule has 1 aromatic rings. The van der Waals surface area contributed by atoms with Crippen molar-refractivity contribution >= 4 is 17.3 Å². The van der Waals surface area contributed by atoms with Crippen LogP contribution in [0.3, 0.4) is 0 Å². The lowest BCUT2D eigenvalue weighted by molar-refractivity contribution is 0.205. The van der Waals surface area contributed by atoms with E-state index in [0.29, 0.717) is 19.6 Å². The number of nitrogens with zero attached hydrogens (tertiary/aromatic N) is 2. The van der Waals surface area contributed by atoms with Crippen molar-refractivity contribution in [2.45, 2.75) is 19.4 Å². The van der Waals surface area contributed by atoms with E-state index in [1.807, 2.05) is 25.2 Å². The summed E-state index contributed by atoms with van der Waals surface area (Å²) in [5.74, 6) is 0. The maximum Gasteiger partial charge on any atom is 0.0640 e. The molecule has 1 N–H and O–H groups in total. The molecule has 0 fully saturated rings. The van der Waals surface area contributed by atoms with Gasteiger partial charge >= 0.3 is 0 Å². The number of rotatable bonds is 8. The zero-order valence-electron chi connectivity index (χ0n) is 12.3. The second-order valence-corrected chi connectivity index (χ2v) is 5.01. The molecule has 1 unspecified atom stereocenters. The third-order valence-corrected chi connectivity index (χ3v) is 3.63. The van der Waals surface area contributed by atoms with Gasteiger partial charge in [0.2, 0.25) is 0 Å². The van der Waals surface area contributed by atoms with E-state index in [-0.39, 0.29) is 6.04 Å². The van der Waals surface area contributed by atoms with Crippen molar-refractivity contribution in [1.29, 1.82) is 5.26 Å². The summed E-state index contributed by atoms with van der Waals surface area (Å²) in [4.78, 5) is 2.12. The predicted molar refractivity (Wildman–Crippen MR) is 83.2 cm³/mol. The minimum Gasteiger partial charge on any atom is -0.383 e. The summed E-state index contributed by atoms with van der Waals surface area (Å²) in [7, 11) is 3.58. The standard InChI is InChI=1S/C15H22ClN3O/c1-12(18-2)14-6-5-13(11-15(14)16)19(8-4-7-17)9-10-20-3/h5-6,11-12,18H,4,8-10H2,1-3H3. The topological polar surface area (TPSA) is 48.3 Å². The molecule has 0 saturated heterocycles. The predicted octanol–water partition coefficient (Wildman–Crippen LogP) is 2.99. The van der Waals surface area contributed by atoms with Crippen LogP contribution in [0.1, 0.15) is 24.9 Å². The summed E-state index contributed by atoms with van der Waals surface area (Å²) in [6, 6.07) is 8.42. The number of ether oxygens (including phenoxy) is 1. The smallest absolute Gasteiger partial charge is 0.0640 e. The first kappa shape index (κ1) is 16.8. The van der Waals surface area contributed by atoms with E-state index in [2.05, 4.69) is 23.2 Å². The Balaban J connectivity index is 2.90. The van der Waals surface area contributed by atoms with Crippen LogP contribution < -0.4 is 10.2 Å². The molecule has 1 rings (SSSR count). The molecule has 0 aliphatic heterocycles. The summed E-state index contributed by atoms with van der Waals surface area (Å²) in [5, 5.41) is 12.7. The van der Waals surface area contributed by atoms with Gasteiger partial charge in [-0.15, -0.1) is 0 Å². The minimum absolute atomic E-state index is 0.211. The molecule has 0 heterocycles. The van der Waals surface area contributed by atoms with Gasteiger partial charge in [-0.2, -0.15) is 5.26 Å². The van der Waals surface area contributed by atoms with Crippen molar-refractivity contribution < 1.29 is 4.74 Å². The molecule has 20 heavy (non-hydrogen) atoms.